The lowest BCUT2D eigenvalue weighted by molar-refractivity contribution is 0.632. The molecule has 0 aliphatic carbocycles. The molecule has 0 saturated heterocycles. The van der Waals surface area contributed by atoms with Crippen LogP contribution in [0.25, 0.3) is 20.8 Å². The van der Waals surface area contributed by atoms with Gasteiger partial charge in [-0.05, 0) is 30.3 Å². The van der Waals surface area contributed by atoms with E-state index in [0.29, 0.717) is 5.02 Å². The van der Waals surface area contributed by atoms with Gasteiger partial charge < -0.3 is 5.73 Å². The summed E-state index contributed by atoms with van der Waals surface area (Å²) in [6, 6.07) is 10.2. The van der Waals surface area contributed by atoms with Crippen molar-refractivity contribution in [2.24, 2.45) is 0 Å². The smallest absolute Gasteiger partial charge is 0.146 e. The number of thiazole rings is 1. The van der Waals surface area contributed by atoms with Crippen LogP contribution in [0, 0.1) is 5.82 Å². The number of hydrogen-bond acceptors (Lipinski definition) is 3. The lowest BCUT2D eigenvalue weighted by atomic mass is 10.2. The highest BCUT2D eigenvalue weighted by Gasteiger charge is 2.09. The van der Waals surface area contributed by atoms with E-state index in [2.05, 4.69) is 4.98 Å². The summed E-state index contributed by atoms with van der Waals surface area (Å²) >= 11 is 7.57. The van der Waals surface area contributed by atoms with Crippen molar-refractivity contribution >= 4 is 38.8 Å². The SMILES string of the molecule is Nc1cc(-c2nc3cccc(Cl)c3s2)ccc1F. The molecular formula is C13H8ClFN2S. The molecule has 0 saturated carbocycles. The van der Waals surface area contributed by atoms with Crippen molar-refractivity contribution in [3.8, 4) is 10.6 Å². The molecule has 0 aliphatic heterocycles. The summed E-state index contributed by atoms with van der Waals surface area (Å²) in [7, 11) is 0. The largest absolute Gasteiger partial charge is 0.396 e. The first-order valence-electron chi connectivity index (χ1n) is 5.25. The molecule has 0 unspecified atom stereocenters. The van der Waals surface area contributed by atoms with Gasteiger partial charge in [0.2, 0.25) is 0 Å². The average Bonchev–Trinajstić information content (AvgIpc) is 2.78. The molecule has 18 heavy (non-hydrogen) atoms. The standard InChI is InChI=1S/C13H8ClFN2S/c14-8-2-1-3-11-12(8)18-13(17-11)7-4-5-9(15)10(16)6-7/h1-6H,16H2. The molecule has 1 heterocycles. The molecule has 0 aliphatic rings. The van der Waals surface area contributed by atoms with Crippen LogP contribution in [0.3, 0.4) is 0 Å². The molecule has 1 aromatic heterocycles. The summed E-state index contributed by atoms with van der Waals surface area (Å²) in [5, 5.41) is 1.45. The van der Waals surface area contributed by atoms with Crippen LogP contribution in [0.15, 0.2) is 36.4 Å². The Morgan fingerprint density at radius 2 is 2.06 bits per heavy atom. The summed E-state index contributed by atoms with van der Waals surface area (Å²) in [5.74, 6) is -0.419. The number of anilines is 1. The first-order valence-corrected chi connectivity index (χ1v) is 6.45. The van der Waals surface area contributed by atoms with E-state index >= 15 is 0 Å². The summed E-state index contributed by atoms with van der Waals surface area (Å²) in [6.45, 7) is 0. The number of nitrogen functional groups attached to an aromatic ring is 1. The summed E-state index contributed by atoms with van der Waals surface area (Å²) in [5.41, 5.74) is 7.32. The topological polar surface area (TPSA) is 38.9 Å². The first-order chi connectivity index (χ1) is 8.65. The maximum atomic E-state index is 13.1. The molecule has 2 nitrogen and oxygen atoms in total. The number of nitrogens with two attached hydrogens (primary N) is 1. The van der Waals surface area contributed by atoms with Crippen LogP contribution in [0.4, 0.5) is 10.1 Å². The van der Waals surface area contributed by atoms with Crippen molar-refractivity contribution in [3.63, 3.8) is 0 Å². The summed E-state index contributed by atoms with van der Waals surface area (Å²) in [4.78, 5) is 4.47. The van der Waals surface area contributed by atoms with Gasteiger partial charge in [-0.3, -0.25) is 0 Å². The molecule has 0 radical (unpaired) electrons. The third-order valence-electron chi connectivity index (χ3n) is 2.61. The Bertz CT molecular complexity index is 739. The fraction of sp³-hybridized carbons (Fsp3) is 0. The lowest BCUT2D eigenvalue weighted by Gasteiger charge is -1.99. The van der Waals surface area contributed by atoms with Gasteiger partial charge in [-0.2, -0.15) is 0 Å². The predicted molar refractivity (Wildman–Crippen MR) is 74.4 cm³/mol. The average molecular weight is 279 g/mol. The van der Waals surface area contributed by atoms with Crippen molar-refractivity contribution in [3.05, 3.63) is 47.2 Å². The number of aromatic nitrogens is 1. The van der Waals surface area contributed by atoms with E-state index in [-0.39, 0.29) is 5.69 Å². The van der Waals surface area contributed by atoms with E-state index in [9.17, 15) is 4.39 Å². The fourth-order valence-corrected chi connectivity index (χ4v) is 2.97. The highest BCUT2D eigenvalue weighted by Crippen LogP contribution is 2.35. The molecule has 5 heteroatoms. The Morgan fingerprint density at radius 1 is 1.22 bits per heavy atom. The molecule has 0 atom stereocenters. The maximum Gasteiger partial charge on any atom is 0.146 e. The monoisotopic (exact) mass is 278 g/mol. The van der Waals surface area contributed by atoms with Gasteiger partial charge in [0, 0.05) is 5.56 Å². The van der Waals surface area contributed by atoms with Crippen LogP contribution >= 0.6 is 22.9 Å². The van der Waals surface area contributed by atoms with Crippen molar-refractivity contribution < 1.29 is 4.39 Å². The zero-order valence-corrected chi connectivity index (χ0v) is 10.7. The quantitative estimate of drug-likeness (QED) is 0.673. The molecule has 0 amide bonds. The third kappa shape index (κ3) is 1.83. The van der Waals surface area contributed by atoms with E-state index in [1.807, 2.05) is 18.2 Å². The van der Waals surface area contributed by atoms with Gasteiger partial charge in [0.25, 0.3) is 0 Å². The van der Waals surface area contributed by atoms with E-state index < -0.39 is 5.82 Å². The first kappa shape index (κ1) is 11.4. The van der Waals surface area contributed by atoms with Crippen LogP contribution in [0.2, 0.25) is 5.02 Å². The molecule has 2 N–H and O–H groups in total. The van der Waals surface area contributed by atoms with Crippen molar-refractivity contribution in [1.29, 1.82) is 0 Å². The molecular weight excluding hydrogens is 271 g/mol. The van der Waals surface area contributed by atoms with Gasteiger partial charge in [0.15, 0.2) is 0 Å². The van der Waals surface area contributed by atoms with Crippen molar-refractivity contribution in [2.45, 2.75) is 0 Å². The number of nitrogens with zero attached hydrogens (tertiary/aromatic N) is 1. The highest BCUT2D eigenvalue weighted by molar-refractivity contribution is 7.22. The number of rotatable bonds is 1. The second-order valence-electron chi connectivity index (χ2n) is 3.84. The maximum absolute atomic E-state index is 13.1. The predicted octanol–water partition coefficient (Wildman–Crippen LogP) is 4.34. The molecule has 0 fully saturated rings. The lowest BCUT2D eigenvalue weighted by Crippen LogP contribution is -1.90. The van der Waals surface area contributed by atoms with Crippen LogP contribution in [-0.4, -0.2) is 4.98 Å². The minimum absolute atomic E-state index is 0.123. The zero-order chi connectivity index (χ0) is 12.7. The number of benzene rings is 2. The number of halogens is 2. The fourth-order valence-electron chi connectivity index (χ4n) is 1.72. The molecule has 2 aromatic carbocycles. The van der Waals surface area contributed by atoms with Crippen LogP contribution in [0.5, 0.6) is 0 Å². The van der Waals surface area contributed by atoms with Gasteiger partial charge in [-0.15, -0.1) is 11.3 Å². The van der Waals surface area contributed by atoms with Gasteiger partial charge in [-0.25, -0.2) is 9.37 Å². The Morgan fingerprint density at radius 3 is 2.78 bits per heavy atom. The van der Waals surface area contributed by atoms with Gasteiger partial charge in [0.05, 0.1) is 20.9 Å². The number of fused-ring (bicyclic) bond motifs is 1. The normalized spacial score (nSPS) is 11.0. The van der Waals surface area contributed by atoms with E-state index in [1.165, 1.54) is 17.4 Å². The summed E-state index contributed by atoms with van der Waals surface area (Å²) < 4.78 is 14.0. The van der Waals surface area contributed by atoms with Gasteiger partial charge >= 0.3 is 0 Å². The van der Waals surface area contributed by atoms with Crippen LogP contribution < -0.4 is 5.73 Å². The molecule has 0 spiro atoms. The third-order valence-corrected chi connectivity index (χ3v) is 4.19. The molecule has 90 valence electrons. The van der Waals surface area contributed by atoms with Crippen LogP contribution in [-0.2, 0) is 0 Å². The van der Waals surface area contributed by atoms with Gasteiger partial charge in [0.1, 0.15) is 10.8 Å². The van der Waals surface area contributed by atoms with Crippen molar-refractivity contribution in [1.82, 2.24) is 4.98 Å². The van der Waals surface area contributed by atoms with E-state index in [1.54, 1.807) is 12.1 Å². The second-order valence-corrected chi connectivity index (χ2v) is 5.25. The second kappa shape index (κ2) is 4.23. The Balaban J connectivity index is 2.19. The van der Waals surface area contributed by atoms with Gasteiger partial charge in [-0.1, -0.05) is 17.7 Å². The van der Waals surface area contributed by atoms with E-state index in [4.69, 9.17) is 17.3 Å². The highest BCUT2D eigenvalue weighted by atomic mass is 35.5. The summed E-state index contributed by atoms with van der Waals surface area (Å²) in [6.07, 6.45) is 0. The van der Waals surface area contributed by atoms with Crippen LogP contribution in [0.1, 0.15) is 0 Å². The Kier molecular flexibility index (Phi) is 2.69. The molecule has 3 aromatic rings. The number of hydrogen-bond donors (Lipinski definition) is 1. The molecule has 3 rings (SSSR count). The van der Waals surface area contributed by atoms with E-state index in [0.717, 1.165) is 20.8 Å². The Hall–Kier alpha value is -1.65. The van der Waals surface area contributed by atoms with Crippen molar-refractivity contribution in [2.75, 3.05) is 5.73 Å². The molecule has 0 bridgehead atoms. The minimum Gasteiger partial charge on any atom is -0.396 e. The zero-order valence-electron chi connectivity index (χ0n) is 9.15. The minimum atomic E-state index is -0.419. The Labute approximate surface area is 112 Å².